The van der Waals surface area contributed by atoms with Crippen molar-refractivity contribution in [3.05, 3.63) is 35.9 Å². The predicted molar refractivity (Wildman–Crippen MR) is 82.0 cm³/mol. The lowest BCUT2D eigenvalue weighted by Crippen LogP contribution is -2.33. The molecule has 21 heavy (non-hydrogen) atoms. The second-order valence-corrected chi connectivity index (χ2v) is 5.41. The van der Waals surface area contributed by atoms with Crippen LogP contribution in [0.1, 0.15) is 23.2 Å². The summed E-state index contributed by atoms with van der Waals surface area (Å²) in [6.07, 6.45) is 2.16. The number of hydrogen-bond acceptors (Lipinski definition) is 4. The number of aromatic nitrogens is 1. The van der Waals surface area contributed by atoms with Crippen LogP contribution in [0.4, 0.5) is 5.82 Å². The molecule has 1 aromatic carbocycles. The number of carbonyl (C=O) groups excluding carboxylic acids is 1. The molecular weight excluding hydrogens is 266 g/mol. The maximum atomic E-state index is 12.4. The van der Waals surface area contributed by atoms with Crippen molar-refractivity contribution in [2.75, 3.05) is 25.5 Å². The molecule has 0 spiro atoms. The van der Waals surface area contributed by atoms with Crippen molar-refractivity contribution in [1.82, 2.24) is 10.3 Å². The predicted octanol–water partition coefficient (Wildman–Crippen LogP) is 1.97. The minimum absolute atomic E-state index is 0.106. The van der Waals surface area contributed by atoms with Gasteiger partial charge in [-0.1, -0.05) is 18.2 Å². The zero-order chi connectivity index (χ0) is 14.7. The molecule has 1 atom stereocenters. The molecule has 0 aliphatic carbocycles. The summed E-state index contributed by atoms with van der Waals surface area (Å²) >= 11 is 0. The van der Waals surface area contributed by atoms with E-state index in [1.54, 1.807) is 6.07 Å². The normalized spacial score (nSPS) is 18.6. The molecule has 1 aliphatic heterocycles. The molecule has 5 nitrogen and oxygen atoms in total. The van der Waals surface area contributed by atoms with E-state index in [4.69, 9.17) is 10.5 Å². The summed E-state index contributed by atoms with van der Waals surface area (Å²) in [6.45, 7) is 2.19. The van der Waals surface area contributed by atoms with E-state index in [1.165, 1.54) is 0 Å². The van der Waals surface area contributed by atoms with Gasteiger partial charge in [-0.05, 0) is 30.9 Å². The number of nitrogens with one attached hydrogen (secondary N) is 1. The van der Waals surface area contributed by atoms with Crippen LogP contribution in [0, 0.1) is 5.92 Å². The third-order valence-electron chi connectivity index (χ3n) is 3.79. The van der Waals surface area contributed by atoms with Gasteiger partial charge in [-0.15, -0.1) is 0 Å². The number of benzene rings is 1. The van der Waals surface area contributed by atoms with Crippen molar-refractivity contribution in [2.45, 2.75) is 12.8 Å². The summed E-state index contributed by atoms with van der Waals surface area (Å²) in [7, 11) is 0. The Morgan fingerprint density at radius 3 is 3.10 bits per heavy atom. The standard InChI is InChI=1S/C16H19N3O2/c17-15-8-13(12-5-1-2-6-14(12)19-15)16(20)18-9-11-4-3-7-21-10-11/h1-2,5-6,8,11H,3-4,7,9-10H2,(H2,17,19)(H,18,20). The molecule has 3 rings (SSSR count). The quantitative estimate of drug-likeness (QED) is 0.904. The van der Waals surface area contributed by atoms with Gasteiger partial charge in [0.2, 0.25) is 0 Å². The van der Waals surface area contributed by atoms with Gasteiger partial charge in [-0.2, -0.15) is 0 Å². The molecule has 1 aliphatic rings. The topological polar surface area (TPSA) is 77.2 Å². The second-order valence-electron chi connectivity index (χ2n) is 5.41. The average Bonchev–Trinajstić information content (AvgIpc) is 2.52. The van der Waals surface area contributed by atoms with Crippen LogP contribution in [0.5, 0.6) is 0 Å². The van der Waals surface area contributed by atoms with E-state index in [-0.39, 0.29) is 5.91 Å². The molecule has 1 unspecified atom stereocenters. The van der Waals surface area contributed by atoms with E-state index in [9.17, 15) is 4.79 Å². The van der Waals surface area contributed by atoms with Gasteiger partial charge in [0.05, 0.1) is 17.7 Å². The number of para-hydroxylation sites is 1. The first-order chi connectivity index (χ1) is 10.2. The summed E-state index contributed by atoms with van der Waals surface area (Å²) in [5.74, 6) is 0.652. The van der Waals surface area contributed by atoms with Gasteiger partial charge in [0, 0.05) is 18.5 Å². The number of nitrogen functional groups attached to an aromatic ring is 1. The summed E-state index contributed by atoms with van der Waals surface area (Å²) in [4.78, 5) is 16.7. The number of nitrogens with two attached hydrogens (primary N) is 1. The van der Waals surface area contributed by atoms with Crippen LogP contribution in [0.15, 0.2) is 30.3 Å². The molecule has 0 bridgehead atoms. The van der Waals surface area contributed by atoms with Gasteiger partial charge in [-0.3, -0.25) is 4.79 Å². The number of pyridine rings is 1. The third-order valence-corrected chi connectivity index (χ3v) is 3.79. The van der Waals surface area contributed by atoms with Gasteiger partial charge in [0.1, 0.15) is 5.82 Å². The minimum Gasteiger partial charge on any atom is -0.384 e. The van der Waals surface area contributed by atoms with Crippen LogP contribution in [-0.4, -0.2) is 30.6 Å². The Kier molecular flexibility index (Phi) is 4.01. The zero-order valence-electron chi connectivity index (χ0n) is 11.8. The van der Waals surface area contributed by atoms with Gasteiger partial charge >= 0.3 is 0 Å². The van der Waals surface area contributed by atoms with Crippen molar-refractivity contribution in [3.8, 4) is 0 Å². The lowest BCUT2D eigenvalue weighted by Gasteiger charge is -2.22. The van der Waals surface area contributed by atoms with Crippen LogP contribution in [0.3, 0.4) is 0 Å². The van der Waals surface area contributed by atoms with Crippen LogP contribution >= 0.6 is 0 Å². The average molecular weight is 285 g/mol. The van der Waals surface area contributed by atoms with E-state index in [0.29, 0.717) is 23.8 Å². The molecule has 5 heteroatoms. The van der Waals surface area contributed by atoms with Crippen LogP contribution in [0.25, 0.3) is 10.9 Å². The number of fused-ring (bicyclic) bond motifs is 1. The highest BCUT2D eigenvalue weighted by Gasteiger charge is 2.17. The molecule has 1 saturated heterocycles. The van der Waals surface area contributed by atoms with Crippen molar-refractivity contribution in [2.24, 2.45) is 5.92 Å². The first-order valence-electron chi connectivity index (χ1n) is 7.25. The Labute approximate surface area is 123 Å². The van der Waals surface area contributed by atoms with Gasteiger partial charge in [-0.25, -0.2) is 4.98 Å². The Morgan fingerprint density at radius 2 is 2.29 bits per heavy atom. The van der Waals surface area contributed by atoms with Crippen molar-refractivity contribution < 1.29 is 9.53 Å². The summed E-state index contributed by atoms with van der Waals surface area (Å²) in [5, 5.41) is 3.81. The maximum absolute atomic E-state index is 12.4. The number of anilines is 1. The Bertz CT molecular complexity index is 651. The molecule has 0 saturated carbocycles. The largest absolute Gasteiger partial charge is 0.384 e. The Morgan fingerprint density at radius 1 is 1.43 bits per heavy atom. The number of ether oxygens (including phenoxy) is 1. The fourth-order valence-corrected chi connectivity index (χ4v) is 2.68. The number of carbonyl (C=O) groups is 1. The Hall–Kier alpha value is -2.14. The summed E-state index contributed by atoms with van der Waals surface area (Å²) in [6, 6.07) is 9.16. The van der Waals surface area contributed by atoms with Crippen molar-refractivity contribution >= 4 is 22.6 Å². The molecule has 2 heterocycles. The van der Waals surface area contributed by atoms with Crippen LogP contribution in [0.2, 0.25) is 0 Å². The number of hydrogen-bond donors (Lipinski definition) is 2. The fourth-order valence-electron chi connectivity index (χ4n) is 2.68. The second kappa shape index (κ2) is 6.10. The van der Waals surface area contributed by atoms with E-state index in [2.05, 4.69) is 10.3 Å². The van der Waals surface area contributed by atoms with E-state index in [0.717, 1.165) is 37.0 Å². The monoisotopic (exact) mass is 285 g/mol. The molecule has 3 N–H and O–H groups in total. The SMILES string of the molecule is Nc1cc(C(=O)NCC2CCCOC2)c2ccccc2n1. The summed E-state index contributed by atoms with van der Waals surface area (Å²) in [5.41, 5.74) is 7.11. The molecular formula is C16H19N3O2. The fraction of sp³-hybridized carbons (Fsp3) is 0.375. The first-order valence-corrected chi connectivity index (χ1v) is 7.25. The minimum atomic E-state index is -0.106. The molecule has 110 valence electrons. The Balaban J connectivity index is 1.77. The first kappa shape index (κ1) is 13.8. The third kappa shape index (κ3) is 3.13. The smallest absolute Gasteiger partial charge is 0.252 e. The molecule has 0 radical (unpaired) electrons. The molecule has 1 amide bonds. The highest BCUT2D eigenvalue weighted by atomic mass is 16.5. The number of nitrogens with zero attached hydrogens (tertiary/aromatic N) is 1. The number of amides is 1. The van der Waals surface area contributed by atoms with Gasteiger partial charge in [0.15, 0.2) is 0 Å². The lowest BCUT2D eigenvalue weighted by molar-refractivity contribution is 0.0536. The van der Waals surface area contributed by atoms with Gasteiger partial charge in [0.25, 0.3) is 5.91 Å². The molecule has 2 aromatic rings. The van der Waals surface area contributed by atoms with E-state index < -0.39 is 0 Å². The highest BCUT2D eigenvalue weighted by molar-refractivity contribution is 6.06. The molecule has 1 aromatic heterocycles. The van der Waals surface area contributed by atoms with Crippen molar-refractivity contribution in [1.29, 1.82) is 0 Å². The molecule has 1 fully saturated rings. The van der Waals surface area contributed by atoms with E-state index in [1.807, 2.05) is 24.3 Å². The number of rotatable bonds is 3. The van der Waals surface area contributed by atoms with Gasteiger partial charge < -0.3 is 15.8 Å². The maximum Gasteiger partial charge on any atom is 0.252 e. The van der Waals surface area contributed by atoms with Crippen LogP contribution in [-0.2, 0) is 4.74 Å². The van der Waals surface area contributed by atoms with Crippen LogP contribution < -0.4 is 11.1 Å². The van der Waals surface area contributed by atoms with E-state index >= 15 is 0 Å². The highest BCUT2D eigenvalue weighted by Crippen LogP contribution is 2.19. The lowest BCUT2D eigenvalue weighted by atomic mass is 10.0. The zero-order valence-corrected chi connectivity index (χ0v) is 11.8. The summed E-state index contributed by atoms with van der Waals surface area (Å²) < 4.78 is 5.43. The van der Waals surface area contributed by atoms with Crippen molar-refractivity contribution in [3.63, 3.8) is 0 Å².